The van der Waals surface area contributed by atoms with Crippen LogP contribution in [0.2, 0.25) is 0 Å². The zero-order chi connectivity index (χ0) is 25.4. The molecule has 0 aliphatic heterocycles. The molecule has 1 atom stereocenters. The maximum Gasteiger partial charge on any atom is 0.322 e. The minimum Gasteiger partial charge on any atom is -0.493 e. The van der Waals surface area contributed by atoms with Crippen molar-refractivity contribution in [3.05, 3.63) is 108 Å². The minimum atomic E-state index is -3.83. The van der Waals surface area contributed by atoms with Gasteiger partial charge in [-0.15, -0.1) is 0 Å². The number of rotatable bonds is 12. The Labute approximate surface area is 209 Å². The molecule has 186 valence electrons. The predicted octanol–water partition coefficient (Wildman–Crippen LogP) is 4.08. The van der Waals surface area contributed by atoms with Crippen LogP contribution in [0.5, 0.6) is 5.75 Å². The quantitative estimate of drug-likeness (QED) is 0.297. The summed E-state index contributed by atoms with van der Waals surface area (Å²) in [6.07, 6.45) is 2.17. The second kappa shape index (κ2) is 11.7. The molecular weight excluding hydrogens is 480 g/mol. The van der Waals surface area contributed by atoms with Gasteiger partial charge in [0, 0.05) is 12.0 Å². The van der Waals surface area contributed by atoms with Gasteiger partial charge in [-0.1, -0.05) is 60.7 Å². The number of nitrogens with zero attached hydrogens (tertiary/aromatic N) is 1. The van der Waals surface area contributed by atoms with Crippen LogP contribution >= 0.6 is 0 Å². The Kier molecular flexibility index (Phi) is 8.14. The van der Waals surface area contributed by atoms with Crippen molar-refractivity contribution in [2.24, 2.45) is 0 Å². The molecule has 0 bridgehead atoms. The molecular formula is C27H26N2O6S. The molecule has 4 rings (SSSR count). The van der Waals surface area contributed by atoms with Crippen LogP contribution in [0.15, 0.2) is 95.6 Å². The van der Waals surface area contributed by atoms with E-state index in [9.17, 15) is 18.3 Å². The van der Waals surface area contributed by atoms with E-state index in [2.05, 4.69) is 9.71 Å². The Balaban J connectivity index is 1.28. The summed E-state index contributed by atoms with van der Waals surface area (Å²) in [5, 5.41) is 9.55. The fraction of sp³-hybridized carbons (Fsp3) is 0.185. The third-order valence-electron chi connectivity index (χ3n) is 5.38. The van der Waals surface area contributed by atoms with Gasteiger partial charge in [0.15, 0.2) is 0 Å². The summed E-state index contributed by atoms with van der Waals surface area (Å²) >= 11 is 0. The summed E-state index contributed by atoms with van der Waals surface area (Å²) in [7, 11) is -3.83. The molecule has 0 spiro atoms. The molecule has 8 nitrogen and oxygen atoms in total. The molecule has 1 aromatic heterocycles. The molecule has 0 fully saturated rings. The number of hydrogen-bond acceptors (Lipinski definition) is 6. The third kappa shape index (κ3) is 7.27. The van der Waals surface area contributed by atoms with E-state index in [-0.39, 0.29) is 12.2 Å². The summed E-state index contributed by atoms with van der Waals surface area (Å²) in [6, 6.07) is 23.9. The van der Waals surface area contributed by atoms with Crippen LogP contribution in [-0.2, 0) is 33.4 Å². The fourth-order valence-corrected chi connectivity index (χ4v) is 4.93. The molecule has 0 unspecified atom stereocenters. The van der Waals surface area contributed by atoms with Crippen molar-refractivity contribution in [1.29, 1.82) is 0 Å². The molecule has 0 saturated carbocycles. The van der Waals surface area contributed by atoms with Gasteiger partial charge in [0.2, 0.25) is 15.9 Å². The van der Waals surface area contributed by atoms with Crippen LogP contribution in [0, 0.1) is 0 Å². The Morgan fingerprint density at radius 1 is 0.944 bits per heavy atom. The largest absolute Gasteiger partial charge is 0.493 e. The zero-order valence-corrected chi connectivity index (χ0v) is 20.2. The molecule has 0 radical (unpaired) electrons. The lowest BCUT2D eigenvalue weighted by Crippen LogP contribution is -2.42. The Morgan fingerprint density at radius 2 is 1.61 bits per heavy atom. The van der Waals surface area contributed by atoms with E-state index >= 15 is 0 Å². The summed E-state index contributed by atoms with van der Waals surface area (Å²) in [5.41, 5.74) is 2.93. The Hall–Kier alpha value is -3.95. The standard InChI is InChI=1S/C27H26N2O6S/c30-27(31)25(29-36(32,33)19-21-7-3-1-4-8-21)17-20-11-13-24(14-12-20)34-16-15-23-18-35-26(28-23)22-9-5-2-6-10-22/h1-14,18,25,29H,15-17,19H2,(H,30,31)/t25-/m0/s1. The first-order chi connectivity index (χ1) is 17.4. The van der Waals surface area contributed by atoms with Crippen LogP contribution in [-0.4, -0.2) is 37.1 Å². The van der Waals surface area contributed by atoms with Crippen LogP contribution in [0.25, 0.3) is 11.5 Å². The second-order valence-electron chi connectivity index (χ2n) is 8.21. The van der Waals surface area contributed by atoms with Gasteiger partial charge < -0.3 is 14.3 Å². The number of hydrogen-bond donors (Lipinski definition) is 2. The molecule has 0 saturated heterocycles. The highest BCUT2D eigenvalue weighted by atomic mass is 32.2. The number of sulfonamides is 1. The summed E-state index contributed by atoms with van der Waals surface area (Å²) in [6.45, 7) is 0.386. The third-order valence-corrected chi connectivity index (χ3v) is 6.74. The fourth-order valence-electron chi connectivity index (χ4n) is 3.60. The molecule has 2 N–H and O–H groups in total. The number of aliphatic carboxylic acids is 1. The van der Waals surface area contributed by atoms with Crippen molar-refractivity contribution in [3.63, 3.8) is 0 Å². The number of carboxylic acids is 1. The number of nitrogens with one attached hydrogen (secondary N) is 1. The first-order valence-electron chi connectivity index (χ1n) is 11.4. The monoisotopic (exact) mass is 506 g/mol. The number of oxazole rings is 1. The normalized spacial score (nSPS) is 12.2. The van der Waals surface area contributed by atoms with E-state index < -0.39 is 22.0 Å². The molecule has 9 heteroatoms. The SMILES string of the molecule is O=C(O)[C@H](Cc1ccc(OCCc2coc(-c3ccccc3)n2)cc1)NS(=O)(=O)Cc1ccccc1. The van der Waals surface area contributed by atoms with E-state index in [1.165, 1.54) is 0 Å². The van der Waals surface area contributed by atoms with E-state index in [1.807, 2.05) is 30.3 Å². The first-order valence-corrected chi connectivity index (χ1v) is 13.0. The smallest absolute Gasteiger partial charge is 0.322 e. The van der Waals surface area contributed by atoms with Gasteiger partial charge in [-0.3, -0.25) is 4.79 Å². The van der Waals surface area contributed by atoms with Gasteiger partial charge in [0.05, 0.1) is 18.1 Å². The highest BCUT2D eigenvalue weighted by Crippen LogP contribution is 2.19. The van der Waals surface area contributed by atoms with Gasteiger partial charge in [-0.25, -0.2) is 18.1 Å². The van der Waals surface area contributed by atoms with Gasteiger partial charge in [-0.05, 0) is 41.8 Å². The highest BCUT2D eigenvalue weighted by Gasteiger charge is 2.24. The Bertz CT molecular complexity index is 1370. The molecule has 4 aromatic rings. The lowest BCUT2D eigenvalue weighted by Gasteiger charge is -2.15. The van der Waals surface area contributed by atoms with Gasteiger partial charge in [0.25, 0.3) is 0 Å². The maximum absolute atomic E-state index is 12.5. The summed E-state index contributed by atoms with van der Waals surface area (Å²) in [4.78, 5) is 16.2. The van der Waals surface area contributed by atoms with Crippen LogP contribution in [0.3, 0.4) is 0 Å². The lowest BCUT2D eigenvalue weighted by atomic mass is 10.1. The van der Waals surface area contributed by atoms with E-state index in [1.54, 1.807) is 60.9 Å². The molecule has 0 aliphatic rings. The van der Waals surface area contributed by atoms with Crippen molar-refractivity contribution in [1.82, 2.24) is 9.71 Å². The molecule has 0 amide bonds. The average Bonchev–Trinajstić information content (AvgIpc) is 3.34. The molecule has 1 heterocycles. The number of carbonyl (C=O) groups is 1. The Morgan fingerprint density at radius 3 is 2.28 bits per heavy atom. The zero-order valence-electron chi connectivity index (χ0n) is 19.4. The van der Waals surface area contributed by atoms with Crippen molar-refractivity contribution in [3.8, 4) is 17.2 Å². The van der Waals surface area contributed by atoms with E-state index in [0.717, 1.165) is 11.3 Å². The van der Waals surface area contributed by atoms with Crippen molar-refractivity contribution < 1.29 is 27.5 Å². The van der Waals surface area contributed by atoms with E-state index in [4.69, 9.17) is 9.15 Å². The number of ether oxygens (including phenoxy) is 1. The van der Waals surface area contributed by atoms with Crippen molar-refractivity contribution in [2.75, 3.05) is 6.61 Å². The molecule has 0 aliphatic carbocycles. The minimum absolute atomic E-state index is 0.00480. The van der Waals surface area contributed by atoms with Crippen LogP contribution in [0.1, 0.15) is 16.8 Å². The van der Waals surface area contributed by atoms with Gasteiger partial charge in [0.1, 0.15) is 18.1 Å². The number of benzene rings is 3. The second-order valence-corrected chi connectivity index (χ2v) is 9.96. The highest BCUT2D eigenvalue weighted by molar-refractivity contribution is 7.88. The average molecular weight is 507 g/mol. The van der Waals surface area contributed by atoms with Crippen molar-refractivity contribution in [2.45, 2.75) is 24.6 Å². The maximum atomic E-state index is 12.5. The summed E-state index contributed by atoms with van der Waals surface area (Å²) in [5.74, 6) is -0.359. The van der Waals surface area contributed by atoms with E-state index in [0.29, 0.717) is 35.8 Å². The predicted molar refractivity (Wildman–Crippen MR) is 135 cm³/mol. The molecule has 3 aromatic carbocycles. The van der Waals surface area contributed by atoms with Gasteiger partial charge >= 0.3 is 5.97 Å². The molecule has 36 heavy (non-hydrogen) atoms. The van der Waals surface area contributed by atoms with Crippen LogP contribution < -0.4 is 9.46 Å². The van der Waals surface area contributed by atoms with Crippen LogP contribution in [0.4, 0.5) is 0 Å². The lowest BCUT2D eigenvalue weighted by molar-refractivity contribution is -0.138. The number of carboxylic acid groups (broad SMARTS) is 1. The van der Waals surface area contributed by atoms with Crippen molar-refractivity contribution >= 4 is 16.0 Å². The first kappa shape index (κ1) is 25.2. The topological polar surface area (TPSA) is 119 Å². The van der Waals surface area contributed by atoms with Gasteiger partial charge in [-0.2, -0.15) is 0 Å². The number of aromatic nitrogens is 1. The summed E-state index contributed by atoms with van der Waals surface area (Å²) < 4.78 is 38.5.